The summed E-state index contributed by atoms with van der Waals surface area (Å²) in [7, 11) is 1.69. The van der Waals surface area contributed by atoms with Crippen LogP contribution in [-0.2, 0) is 19.1 Å². The molecule has 20 heavy (non-hydrogen) atoms. The molecule has 0 spiro atoms. The van der Waals surface area contributed by atoms with E-state index >= 15 is 0 Å². The van der Waals surface area contributed by atoms with E-state index in [2.05, 4.69) is 6.92 Å². The Kier molecular flexibility index (Phi) is 11.4. The third-order valence-corrected chi connectivity index (χ3v) is 2.83. The van der Waals surface area contributed by atoms with Crippen LogP contribution in [0.5, 0.6) is 0 Å². The van der Waals surface area contributed by atoms with Crippen LogP contribution in [0, 0.1) is 0 Å². The van der Waals surface area contributed by atoms with Gasteiger partial charge in [0.1, 0.15) is 6.29 Å². The Hall–Kier alpha value is -1.65. The second-order valence-electron chi connectivity index (χ2n) is 4.64. The summed E-state index contributed by atoms with van der Waals surface area (Å²) in [6.45, 7) is 3.18. The summed E-state index contributed by atoms with van der Waals surface area (Å²) in [6.07, 6.45) is 7.86. The van der Waals surface area contributed by atoms with Crippen molar-refractivity contribution in [1.82, 2.24) is 4.90 Å². The molecule has 0 atom stereocenters. The van der Waals surface area contributed by atoms with Gasteiger partial charge in [-0.25, -0.2) is 0 Å². The van der Waals surface area contributed by atoms with Gasteiger partial charge in [0.2, 0.25) is 5.91 Å². The number of aldehydes is 1. The Morgan fingerprint density at radius 2 is 1.90 bits per heavy atom. The molecule has 0 saturated heterocycles. The van der Waals surface area contributed by atoms with Crippen molar-refractivity contribution in [3.05, 3.63) is 12.2 Å². The fourth-order valence-electron chi connectivity index (χ4n) is 1.56. The Balaban J connectivity index is 3.56. The summed E-state index contributed by atoms with van der Waals surface area (Å²) < 4.78 is 5.05. The van der Waals surface area contributed by atoms with Crippen LogP contribution in [0.15, 0.2) is 12.2 Å². The van der Waals surface area contributed by atoms with Crippen molar-refractivity contribution in [3.63, 3.8) is 0 Å². The molecule has 0 N–H and O–H groups in total. The molecule has 0 unspecified atom stereocenters. The van der Waals surface area contributed by atoms with Crippen molar-refractivity contribution in [3.8, 4) is 0 Å². The van der Waals surface area contributed by atoms with Crippen LogP contribution in [0.2, 0.25) is 0 Å². The quantitative estimate of drug-likeness (QED) is 0.252. The number of allylic oxidation sites excluding steroid dienone is 1. The Labute approximate surface area is 121 Å². The molecular formula is C15H25NO4. The summed E-state index contributed by atoms with van der Waals surface area (Å²) in [6, 6.07) is 0. The lowest BCUT2D eigenvalue weighted by atomic mass is 10.2. The SMILES string of the molecule is CCCCOC(=O)CCCCCN(C)C(=O)/C=C\C=O. The highest BCUT2D eigenvalue weighted by Gasteiger charge is 2.05. The molecule has 0 fully saturated rings. The maximum atomic E-state index is 11.4. The number of ether oxygens (including phenoxy) is 1. The van der Waals surface area contributed by atoms with Crippen LogP contribution in [0.1, 0.15) is 45.4 Å². The van der Waals surface area contributed by atoms with Crippen molar-refractivity contribution in [2.75, 3.05) is 20.2 Å². The van der Waals surface area contributed by atoms with Crippen LogP contribution < -0.4 is 0 Å². The van der Waals surface area contributed by atoms with Crippen LogP contribution in [0.3, 0.4) is 0 Å². The van der Waals surface area contributed by atoms with E-state index in [0.29, 0.717) is 25.9 Å². The zero-order valence-electron chi connectivity index (χ0n) is 12.5. The van der Waals surface area contributed by atoms with Crippen molar-refractivity contribution >= 4 is 18.2 Å². The number of amides is 1. The van der Waals surface area contributed by atoms with Gasteiger partial charge in [-0.2, -0.15) is 0 Å². The normalized spacial score (nSPS) is 10.5. The van der Waals surface area contributed by atoms with Gasteiger partial charge in [0.05, 0.1) is 6.61 Å². The van der Waals surface area contributed by atoms with E-state index in [0.717, 1.165) is 32.1 Å². The number of esters is 1. The summed E-state index contributed by atoms with van der Waals surface area (Å²) in [4.78, 5) is 34.4. The Bertz CT molecular complexity index is 326. The molecule has 0 saturated carbocycles. The van der Waals surface area contributed by atoms with E-state index in [1.165, 1.54) is 12.2 Å². The lowest BCUT2D eigenvalue weighted by Crippen LogP contribution is -2.25. The van der Waals surface area contributed by atoms with Gasteiger partial charge in [-0.1, -0.05) is 19.8 Å². The summed E-state index contributed by atoms with van der Waals surface area (Å²) >= 11 is 0. The molecule has 0 radical (unpaired) electrons. The third-order valence-electron chi connectivity index (χ3n) is 2.83. The first kappa shape index (κ1) is 18.4. The summed E-state index contributed by atoms with van der Waals surface area (Å²) in [5, 5.41) is 0. The van der Waals surface area contributed by atoms with Gasteiger partial charge < -0.3 is 9.64 Å². The molecule has 5 nitrogen and oxygen atoms in total. The average Bonchev–Trinajstić information content (AvgIpc) is 2.44. The summed E-state index contributed by atoms with van der Waals surface area (Å²) in [5.74, 6) is -0.326. The van der Waals surface area contributed by atoms with Gasteiger partial charge >= 0.3 is 5.97 Å². The van der Waals surface area contributed by atoms with Crippen LogP contribution in [-0.4, -0.2) is 43.3 Å². The molecule has 0 aromatic carbocycles. The smallest absolute Gasteiger partial charge is 0.305 e. The molecule has 0 aliphatic heterocycles. The molecule has 0 aromatic rings. The van der Waals surface area contributed by atoms with Gasteiger partial charge in [-0.15, -0.1) is 0 Å². The number of hydrogen-bond donors (Lipinski definition) is 0. The molecule has 0 aromatic heterocycles. The number of hydrogen-bond acceptors (Lipinski definition) is 4. The van der Waals surface area contributed by atoms with Gasteiger partial charge in [0, 0.05) is 26.1 Å². The number of unbranched alkanes of at least 4 members (excludes halogenated alkanes) is 3. The third kappa shape index (κ3) is 10.3. The maximum Gasteiger partial charge on any atom is 0.305 e. The first-order chi connectivity index (χ1) is 9.61. The number of likely N-dealkylation sites (N-methyl/N-ethyl adjacent to an activating group) is 1. The molecule has 0 aliphatic carbocycles. The first-order valence-corrected chi connectivity index (χ1v) is 7.14. The lowest BCUT2D eigenvalue weighted by Gasteiger charge is -2.14. The highest BCUT2D eigenvalue weighted by molar-refractivity contribution is 5.90. The second-order valence-corrected chi connectivity index (χ2v) is 4.64. The van der Waals surface area contributed by atoms with Gasteiger partial charge in [0.25, 0.3) is 0 Å². The van der Waals surface area contributed by atoms with Crippen molar-refractivity contribution in [2.24, 2.45) is 0 Å². The van der Waals surface area contributed by atoms with Crippen LogP contribution in [0.25, 0.3) is 0 Å². The predicted octanol–water partition coefficient (Wildman–Crippen LogP) is 2.10. The van der Waals surface area contributed by atoms with Crippen LogP contribution in [0.4, 0.5) is 0 Å². The lowest BCUT2D eigenvalue weighted by molar-refractivity contribution is -0.143. The molecule has 0 aliphatic rings. The van der Waals surface area contributed by atoms with E-state index in [4.69, 9.17) is 4.74 Å². The number of carbonyl (C=O) groups is 3. The number of carbonyl (C=O) groups excluding carboxylic acids is 3. The minimum absolute atomic E-state index is 0.142. The molecule has 114 valence electrons. The maximum absolute atomic E-state index is 11.4. The topological polar surface area (TPSA) is 63.7 Å². The van der Waals surface area contributed by atoms with Crippen LogP contribution >= 0.6 is 0 Å². The molecular weight excluding hydrogens is 258 g/mol. The standard InChI is InChI=1S/C15H25NO4/c1-3-4-13-20-15(19)10-6-5-7-11-16(2)14(18)9-8-12-17/h8-9,12H,3-7,10-11,13H2,1-2H3/b9-8-. The van der Waals surface area contributed by atoms with E-state index < -0.39 is 0 Å². The van der Waals surface area contributed by atoms with E-state index in [1.54, 1.807) is 11.9 Å². The Morgan fingerprint density at radius 1 is 1.15 bits per heavy atom. The first-order valence-electron chi connectivity index (χ1n) is 7.14. The van der Waals surface area contributed by atoms with Gasteiger partial charge in [-0.05, 0) is 25.3 Å². The van der Waals surface area contributed by atoms with E-state index in [1.807, 2.05) is 0 Å². The Morgan fingerprint density at radius 3 is 2.55 bits per heavy atom. The van der Waals surface area contributed by atoms with Gasteiger partial charge in [-0.3, -0.25) is 14.4 Å². The molecule has 0 rings (SSSR count). The number of nitrogens with zero attached hydrogens (tertiary/aromatic N) is 1. The van der Waals surface area contributed by atoms with E-state index in [9.17, 15) is 14.4 Å². The molecule has 1 amide bonds. The fraction of sp³-hybridized carbons (Fsp3) is 0.667. The second kappa shape index (κ2) is 12.4. The predicted molar refractivity (Wildman–Crippen MR) is 77.2 cm³/mol. The van der Waals surface area contributed by atoms with Crippen molar-refractivity contribution < 1.29 is 19.1 Å². The largest absolute Gasteiger partial charge is 0.466 e. The highest BCUT2D eigenvalue weighted by atomic mass is 16.5. The summed E-state index contributed by atoms with van der Waals surface area (Å²) in [5.41, 5.74) is 0. The highest BCUT2D eigenvalue weighted by Crippen LogP contribution is 2.03. The zero-order valence-corrected chi connectivity index (χ0v) is 12.5. The average molecular weight is 283 g/mol. The zero-order chi connectivity index (χ0) is 15.2. The fourth-order valence-corrected chi connectivity index (χ4v) is 1.56. The number of rotatable bonds is 11. The minimum Gasteiger partial charge on any atom is -0.466 e. The van der Waals surface area contributed by atoms with E-state index in [-0.39, 0.29) is 11.9 Å². The monoisotopic (exact) mass is 283 g/mol. The molecule has 0 heterocycles. The molecule has 5 heteroatoms. The van der Waals surface area contributed by atoms with Crippen molar-refractivity contribution in [1.29, 1.82) is 0 Å². The van der Waals surface area contributed by atoms with Gasteiger partial charge in [0.15, 0.2) is 0 Å². The minimum atomic E-state index is -0.184. The molecule has 0 bridgehead atoms. The van der Waals surface area contributed by atoms with Crippen molar-refractivity contribution in [2.45, 2.75) is 45.4 Å².